The van der Waals surface area contributed by atoms with Crippen molar-refractivity contribution in [3.8, 4) is 0 Å². The van der Waals surface area contributed by atoms with Gasteiger partial charge in [-0.15, -0.1) is 0 Å². The monoisotopic (exact) mass is 229 g/mol. The van der Waals surface area contributed by atoms with Gasteiger partial charge in [0, 0.05) is 12.6 Å². The topological polar surface area (TPSA) is 21.3 Å². The molecule has 0 fully saturated rings. The molecule has 0 rings (SSSR count). The first-order chi connectivity index (χ1) is 7.65. The molecular weight excluding hydrogens is 198 g/mol. The van der Waals surface area contributed by atoms with Crippen LogP contribution in [0.15, 0.2) is 0 Å². The summed E-state index contributed by atoms with van der Waals surface area (Å²) in [5.41, 5.74) is 0. The average molecular weight is 229 g/mol. The molecule has 1 N–H and O–H groups in total. The fourth-order valence-electron chi connectivity index (χ4n) is 2.19. The number of ether oxygens (including phenoxy) is 1. The van der Waals surface area contributed by atoms with Crippen LogP contribution in [0.5, 0.6) is 0 Å². The Balaban J connectivity index is 4.07. The normalized spacial score (nSPS) is 17.1. The lowest BCUT2D eigenvalue weighted by molar-refractivity contribution is 0.0408. The van der Waals surface area contributed by atoms with Gasteiger partial charge in [0.1, 0.15) is 0 Å². The molecule has 2 nitrogen and oxygen atoms in total. The van der Waals surface area contributed by atoms with Crippen LogP contribution in [-0.2, 0) is 4.74 Å². The van der Waals surface area contributed by atoms with Crippen molar-refractivity contribution in [3.05, 3.63) is 0 Å². The zero-order valence-electron chi connectivity index (χ0n) is 11.9. The van der Waals surface area contributed by atoms with E-state index >= 15 is 0 Å². The molecule has 0 saturated carbocycles. The molecule has 0 bridgehead atoms. The summed E-state index contributed by atoms with van der Waals surface area (Å²) in [6.45, 7) is 13.0. The summed E-state index contributed by atoms with van der Waals surface area (Å²) in [6.07, 6.45) is 5.36. The van der Waals surface area contributed by atoms with E-state index in [4.69, 9.17) is 4.74 Å². The van der Waals surface area contributed by atoms with Gasteiger partial charge in [-0.3, -0.25) is 0 Å². The van der Waals surface area contributed by atoms with Gasteiger partial charge in [-0.25, -0.2) is 0 Å². The van der Waals surface area contributed by atoms with Crippen LogP contribution < -0.4 is 5.32 Å². The highest BCUT2D eigenvalue weighted by Gasteiger charge is 2.19. The molecule has 98 valence electrons. The van der Waals surface area contributed by atoms with Gasteiger partial charge in [0.05, 0.1) is 6.10 Å². The second-order valence-electron chi connectivity index (χ2n) is 4.85. The maximum absolute atomic E-state index is 5.72. The highest BCUT2D eigenvalue weighted by Crippen LogP contribution is 2.16. The van der Waals surface area contributed by atoms with E-state index in [2.05, 4.69) is 39.9 Å². The minimum Gasteiger partial charge on any atom is -0.377 e. The van der Waals surface area contributed by atoms with Crippen LogP contribution in [-0.4, -0.2) is 25.3 Å². The van der Waals surface area contributed by atoms with Gasteiger partial charge in [0.2, 0.25) is 0 Å². The van der Waals surface area contributed by atoms with E-state index in [0.29, 0.717) is 12.1 Å². The molecule has 3 atom stereocenters. The summed E-state index contributed by atoms with van der Waals surface area (Å²) in [5, 5.41) is 3.62. The molecule has 0 spiro atoms. The maximum Gasteiger partial charge on any atom is 0.0699 e. The molecule has 0 aliphatic rings. The summed E-state index contributed by atoms with van der Waals surface area (Å²) in [4.78, 5) is 0. The first kappa shape index (κ1) is 15.9. The first-order valence-corrected chi connectivity index (χ1v) is 7.00. The van der Waals surface area contributed by atoms with E-state index in [0.717, 1.165) is 19.1 Å². The minimum atomic E-state index is 0.329. The zero-order chi connectivity index (χ0) is 12.4. The van der Waals surface area contributed by atoms with Gasteiger partial charge in [-0.2, -0.15) is 0 Å². The van der Waals surface area contributed by atoms with Gasteiger partial charge in [0.15, 0.2) is 0 Å². The summed E-state index contributed by atoms with van der Waals surface area (Å²) < 4.78 is 5.72. The second kappa shape index (κ2) is 10.1. The van der Waals surface area contributed by atoms with Crippen LogP contribution in [0.4, 0.5) is 0 Å². The van der Waals surface area contributed by atoms with Crippen molar-refractivity contribution in [2.45, 2.75) is 72.4 Å². The third-order valence-electron chi connectivity index (χ3n) is 3.09. The molecule has 0 aromatic heterocycles. The van der Waals surface area contributed by atoms with Crippen LogP contribution in [0, 0.1) is 5.92 Å². The van der Waals surface area contributed by atoms with Crippen molar-refractivity contribution in [2.75, 3.05) is 13.2 Å². The molecule has 0 aromatic carbocycles. The summed E-state index contributed by atoms with van der Waals surface area (Å²) in [7, 11) is 0. The van der Waals surface area contributed by atoms with Crippen LogP contribution in [0.2, 0.25) is 0 Å². The highest BCUT2D eigenvalue weighted by atomic mass is 16.5. The van der Waals surface area contributed by atoms with Gasteiger partial charge in [-0.1, -0.05) is 33.6 Å². The SMILES string of the molecule is CCCNC(CC(C)CCC)C(C)OCC. The highest BCUT2D eigenvalue weighted by molar-refractivity contribution is 4.76. The molecule has 0 aromatic rings. The summed E-state index contributed by atoms with van der Waals surface area (Å²) in [6, 6.07) is 0.515. The van der Waals surface area contributed by atoms with E-state index in [9.17, 15) is 0 Å². The number of nitrogens with one attached hydrogen (secondary N) is 1. The largest absolute Gasteiger partial charge is 0.377 e. The van der Waals surface area contributed by atoms with Crippen LogP contribution >= 0.6 is 0 Å². The Morgan fingerprint density at radius 3 is 2.25 bits per heavy atom. The van der Waals surface area contributed by atoms with E-state index in [-0.39, 0.29) is 0 Å². The number of rotatable bonds is 10. The predicted octanol–water partition coefficient (Wildman–Crippen LogP) is 3.61. The van der Waals surface area contributed by atoms with E-state index in [1.54, 1.807) is 0 Å². The standard InChI is InChI=1S/C14H31NO/c1-6-9-12(4)11-14(15-10-7-2)13(5)16-8-3/h12-15H,6-11H2,1-5H3. The average Bonchev–Trinajstić information content (AvgIpc) is 2.24. The van der Waals surface area contributed by atoms with Crippen LogP contribution in [0.3, 0.4) is 0 Å². The maximum atomic E-state index is 5.72. The fraction of sp³-hybridized carbons (Fsp3) is 1.00. The Morgan fingerprint density at radius 2 is 1.75 bits per heavy atom. The molecule has 2 heteroatoms. The summed E-state index contributed by atoms with van der Waals surface area (Å²) in [5.74, 6) is 0.794. The van der Waals surface area contributed by atoms with Crippen molar-refractivity contribution in [1.29, 1.82) is 0 Å². The lowest BCUT2D eigenvalue weighted by Gasteiger charge is -2.27. The lowest BCUT2D eigenvalue weighted by Crippen LogP contribution is -2.41. The van der Waals surface area contributed by atoms with Crippen LogP contribution in [0.1, 0.15) is 60.3 Å². The smallest absolute Gasteiger partial charge is 0.0699 e. The van der Waals surface area contributed by atoms with Crippen molar-refractivity contribution in [1.82, 2.24) is 5.32 Å². The Morgan fingerprint density at radius 1 is 1.06 bits per heavy atom. The van der Waals surface area contributed by atoms with E-state index in [1.165, 1.54) is 25.7 Å². The molecular formula is C14H31NO. The van der Waals surface area contributed by atoms with Crippen LogP contribution in [0.25, 0.3) is 0 Å². The zero-order valence-corrected chi connectivity index (χ0v) is 11.9. The van der Waals surface area contributed by atoms with Gasteiger partial charge >= 0.3 is 0 Å². The van der Waals surface area contributed by atoms with E-state index in [1.807, 2.05) is 0 Å². The van der Waals surface area contributed by atoms with E-state index < -0.39 is 0 Å². The molecule has 0 saturated heterocycles. The molecule has 0 radical (unpaired) electrons. The van der Waals surface area contributed by atoms with Crippen molar-refractivity contribution in [3.63, 3.8) is 0 Å². The first-order valence-electron chi connectivity index (χ1n) is 7.00. The van der Waals surface area contributed by atoms with Crippen molar-refractivity contribution >= 4 is 0 Å². The van der Waals surface area contributed by atoms with Crippen molar-refractivity contribution in [2.24, 2.45) is 5.92 Å². The molecule has 0 aliphatic heterocycles. The Bertz CT molecular complexity index is 150. The molecule has 0 amide bonds. The fourth-order valence-corrected chi connectivity index (χ4v) is 2.19. The summed E-state index contributed by atoms with van der Waals surface area (Å²) >= 11 is 0. The predicted molar refractivity (Wildman–Crippen MR) is 71.9 cm³/mol. The Kier molecular flexibility index (Phi) is 10.0. The lowest BCUT2D eigenvalue weighted by atomic mass is 9.94. The quantitative estimate of drug-likeness (QED) is 0.618. The molecule has 3 unspecified atom stereocenters. The Hall–Kier alpha value is -0.0800. The van der Waals surface area contributed by atoms with Gasteiger partial charge < -0.3 is 10.1 Å². The second-order valence-corrected chi connectivity index (χ2v) is 4.85. The van der Waals surface area contributed by atoms with Crippen molar-refractivity contribution < 1.29 is 4.74 Å². The van der Waals surface area contributed by atoms with Gasteiger partial charge in [-0.05, 0) is 39.2 Å². The number of hydrogen-bond donors (Lipinski definition) is 1. The third-order valence-corrected chi connectivity index (χ3v) is 3.09. The third kappa shape index (κ3) is 7.24. The molecule has 0 heterocycles. The van der Waals surface area contributed by atoms with Gasteiger partial charge in [0.25, 0.3) is 0 Å². The number of hydrogen-bond acceptors (Lipinski definition) is 2. The Labute approximate surface area is 102 Å². The molecule has 0 aliphatic carbocycles. The minimum absolute atomic E-state index is 0.329. The molecule has 16 heavy (non-hydrogen) atoms.